The van der Waals surface area contributed by atoms with Crippen LogP contribution in [0.4, 0.5) is 0 Å². The van der Waals surface area contributed by atoms with Gasteiger partial charge in [-0.2, -0.15) is 0 Å². The third kappa shape index (κ3) is 13.6. The van der Waals surface area contributed by atoms with Gasteiger partial charge in [-0.15, -0.1) is 0 Å². The van der Waals surface area contributed by atoms with Gasteiger partial charge in [-0.05, 0) is 26.0 Å². The zero-order valence-corrected chi connectivity index (χ0v) is 10.5. The summed E-state index contributed by atoms with van der Waals surface area (Å²) in [6.45, 7) is 2.70. The van der Waals surface area contributed by atoms with E-state index in [-0.39, 0.29) is 31.7 Å². The molecule has 0 aromatic carbocycles. The Bertz CT molecular complexity index is 223. The van der Waals surface area contributed by atoms with E-state index >= 15 is 0 Å². The number of ketones is 2. The van der Waals surface area contributed by atoms with Crippen LogP contribution in [-0.2, 0) is 29.7 Å². The zero-order valence-electron chi connectivity index (χ0n) is 8.06. The predicted molar refractivity (Wildman–Crippen MR) is 49.9 cm³/mol. The summed E-state index contributed by atoms with van der Waals surface area (Å²) >= 11 is 0. The van der Waals surface area contributed by atoms with Crippen molar-refractivity contribution in [2.75, 3.05) is 0 Å². The van der Waals surface area contributed by atoms with E-state index in [1.807, 2.05) is 18.2 Å². The minimum absolute atomic E-state index is 0. The molecule has 0 saturated heterocycles. The van der Waals surface area contributed by atoms with Crippen molar-refractivity contribution < 1.29 is 29.7 Å². The maximum atomic E-state index is 9.98. The number of nitrogens with zero attached hydrogens (tertiary/aromatic N) is 1. The van der Waals surface area contributed by atoms with E-state index in [1.165, 1.54) is 13.8 Å². The number of Topliss-reactive ketones (excluding diaryl/α,β-unsaturated/α-hetero) is 2. The molecule has 0 atom stereocenters. The molecule has 0 aliphatic rings. The van der Waals surface area contributed by atoms with Crippen molar-refractivity contribution in [1.82, 2.24) is 4.98 Å². The van der Waals surface area contributed by atoms with Gasteiger partial charge in [0.15, 0.2) is 0 Å². The van der Waals surface area contributed by atoms with E-state index in [1.54, 1.807) is 12.4 Å². The van der Waals surface area contributed by atoms with E-state index in [0.29, 0.717) is 0 Å². The zero-order chi connectivity index (χ0) is 10.1. The molecule has 0 bridgehead atoms. The molecule has 4 heteroatoms. The topological polar surface area (TPSA) is 47.0 Å². The quantitative estimate of drug-likeness (QED) is 0.585. The molecule has 0 N–H and O–H groups in total. The third-order valence-corrected chi connectivity index (χ3v) is 0.973. The van der Waals surface area contributed by atoms with Crippen LogP contribution in [0.1, 0.15) is 13.8 Å². The van der Waals surface area contributed by atoms with E-state index in [2.05, 4.69) is 4.98 Å². The van der Waals surface area contributed by atoms with Crippen LogP contribution in [0.25, 0.3) is 0 Å². The van der Waals surface area contributed by atoms with Gasteiger partial charge in [0.25, 0.3) is 0 Å². The molecule has 0 amide bonds. The Morgan fingerprint density at radius 1 is 1.00 bits per heavy atom. The first-order valence-electron chi connectivity index (χ1n) is 3.84. The molecule has 0 unspecified atom stereocenters. The van der Waals surface area contributed by atoms with E-state index in [4.69, 9.17) is 0 Å². The number of carbonyl (C=O) groups is 2. The molecule has 1 radical (unpaired) electrons. The fourth-order valence-corrected chi connectivity index (χ4v) is 0.599. The monoisotopic (exact) mass is 371 g/mol. The largest absolute Gasteiger partial charge is 0.334 e. The molecule has 0 spiro atoms. The number of pyridine rings is 1. The van der Waals surface area contributed by atoms with Gasteiger partial charge in [0.1, 0.15) is 0 Å². The Morgan fingerprint density at radius 3 is 1.50 bits per heavy atom. The molecule has 1 aromatic rings. The average molecular weight is 370 g/mol. The Morgan fingerprint density at radius 2 is 1.43 bits per heavy atom. The van der Waals surface area contributed by atoms with Crippen molar-refractivity contribution >= 4 is 11.6 Å². The molecule has 14 heavy (non-hydrogen) atoms. The maximum Gasteiger partial charge on any atom is 0.0267 e. The molecule has 0 saturated carbocycles. The number of hydrogen-bond donors (Lipinski definition) is 0. The van der Waals surface area contributed by atoms with Gasteiger partial charge >= 0.3 is 0 Å². The first-order valence-corrected chi connectivity index (χ1v) is 3.84. The minimum atomic E-state index is -0.187. The summed E-state index contributed by atoms with van der Waals surface area (Å²) in [6.07, 6.45) is 4.56. The van der Waals surface area contributed by atoms with Crippen LogP contribution in [0, 0.1) is 6.42 Å². The number of aromatic nitrogens is 1. The number of carbonyl (C=O) groups excluding carboxylic acids is 2. The molecule has 0 fully saturated rings. The fourth-order valence-electron chi connectivity index (χ4n) is 0.599. The number of rotatable bonds is 2. The van der Waals surface area contributed by atoms with E-state index in [0.717, 1.165) is 6.42 Å². The summed E-state index contributed by atoms with van der Waals surface area (Å²) in [5, 5.41) is 0. The second-order valence-electron chi connectivity index (χ2n) is 2.39. The third-order valence-electron chi connectivity index (χ3n) is 0.973. The van der Waals surface area contributed by atoms with Gasteiger partial charge in [-0.1, -0.05) is 6.07 Å². The van der Waals surface area contributed by atoms with Gasteiger partial charge < -0.3 is 9.59 Å². The van der Waals surface area contributed by atoms with Gasteiger partial charge in [-0.25, -0.2) is 0 Å². The normalized spacial score (nSPS) is 7.29. The first-order chi connectivity index (χ1) is 6.13. The summed E-state index contributed by atoms with van der Waals surface area (Å²) in [5.74, 6) is -0.375. The molecule has 1 rings (SSSR count). The number of hydrogen-bond acceptors (Lipinski definition) is 3. The molecule has 3 nitrogen and oxygen atoms in total. The summed E-state index contributed by atoms with van der Waals surface area (Å²) < 4.78 is 0. The van der Waals surface area contributed by atoms with Crippen LogP contribution in [0.3, 0.4) is 0 Å². The van der Waals surface area contributed by atoms with E-state index < -0.39 is 0 Å². The van der Waals surface area contributed by atoms with Crippen LogP contribution in [0.5, 0.6) is 0 Å². The van der Waals surface area contributed by atoms with Crippen LogP contribution < -0.4 is 0 Å². The van der Waals surface area contributed by atoms with Crippen molar-refractivity contribution in [3.8, 4) is 0 Å². The Hall–Kier alpha value is -0.991. The second-order valence-corrected chi connectivity index (χ2v) is 2.39. The van der Waals surface area contributed by atoms with Crippen molar-refractivity contribution in [3.05, 3.63) is 37.0 Å². The van der Waals surface area contributed by atoms with Crippen LogP contribution in [-0.4, -0.2) is 16.6 Å². The van der Waals surface area contributed by atoms with Crippen molar-refractivity contribution in [2.45, 2.75) is 13.8 Å². The van der Waals surface area contributed by atoms with Gasteiger partial charge in [-0.3, -0.25) is 11.4 Å². The van der Waals surface area contributed by atoms with Crippen molar-refractivity contribution in [2.24, 2.45) is 0 Å². The Balaban J connectivity index is 0. The van der Waals surface area contributed by atoms with Gasteiger partial charge in [0.2, 0.25) is 0 Å². The van der Waals surface area contributed by atoms with Gasteiger partial charge in [0, 0.05) is 44.1 Å². The first kappa shape index (κ1) is 15.5. The summed E-state index contributed by atoms with van der Waals surface area (Å²) in [4.78, 5) is 23.7. The SMILES string of the molecule is CC(=O)[CH-]C(C)=O.[Ir].c1ccncc1. The average Bonchev–Trinajstić information content (AvgIpc) is 2.06. The second kappa shape index (κ2) is 10.1. The maximum absolute atomic E-state index is 9.98. The van der Waals surface area contributed by atoms with Crippen LogP contribution in [0.2, 0.25) is 0 Å². The van der Waals surface area contributed by atoms with Crippen molar-refractivity contribution in [1.29, 1.82) is 0 Å². The molecular weight excluding hydrogens is 358 g/mol. The summed E-state index contributed by atoms with van der Waals surface area (Å²) in [5.41, 5.74) is 0. The Kier molecular flexibility index (Phi) is 11.2. The van der Waals surface area contributed by atoms with Crippen molar-refractivity contribution in [3.63, 3.8) is 0 Å². The molecule has 0 aliphatic heterocycles. The summed E-state index contributed by atoms with van der Waals surface area (Å²) in [7, 11) is 0. The Labute approximate surface area is 97.3 Å². The predicted octanol–water partition coefficient (Wildman–Crippen LogP) is 1.45. The smallest absolute Gasteiger partial charge is 0.0267 e. The fraction of sp³-hybridized carbons (Fsp3) is 0.200. The molecule has 1 heterocycles. The molecule has 0 aliphatic carbocycles. The van der Waals surface area contributed by atoms with E-state index in [9.17, 15) is 9.59 Å². The standard InChI is InChI=1S/C5H5N.C5H7O2.Ir/c1-2-4-6-5-3-1;1-4(6)3-5(2)7;/h1-5H;3H,1-2H3;/q;-1;. The molecular formula is C10H12IrNO2-. The minimum Gasteiger partial charge on any atom is -0.334 e. The van der Waals surface area contributed by atoms with Crippen LogP contribution >= 0.6 is 0 Å². The molecule has 79 valence electrons. The van der Waals surface area contributed by atoms with Crippen LogP contribution in [0.15, 0.2) is 30.6 Å². The van der Waals surface area contributed by atoms with Gasteiger partial charge in [0.05, 0.1) is 0 Å². The molecule has 1 aromatic heterocycles. The summed E-state index contributed by atoms with van der Waals surface area (Å²) in [6, 6.07) is 5.72.